The average Bonchev–Trinajstić information content (AvgIpc) is 2.65. The molecule has 1 saturated heterocycles. The zero-order valence-corrected chi connectivity index (χ0v) is 13.4. The van der Waals surface area contributed by atoms with Gasteiger partial charge in [-0.25, -0.2) is 0 Å². The van der Waals surface area contributed by atoms with E-state index in [1.54, 1.807) is 6.08 Å². The summed E-state index contributed by atoms with van der Waals surface area (Å²) in [5.74, 6) is -1.19. The molecule has 1 aromatic carbocycles. The molecular weight excluding hydrogens is 362 g/mol. The third kappa shape index (κ3) is 3.47. The van der Waals surface area contributed by atoms with Crippen molar-refractivity contribution in [2.24, 2.45) is 0 Å². The van der Waals surface area contributed by atoms with Crippen LogP contribution in [0.15, 0.2) is 33.6 Å². The Kier molecular flexibility index (Phi) is 4.95. The molecule has 1 amide bonds. The fourth-order valence-electron chi connectivity index (χ4n) is 1.63. The van der Waals surface area contributed by atoms with Gasteiger partial charge in [-0.05, 0) is 17.7 Å². The van der Waals surface area contributed by atoms with Crippen molar-refractivity contribution in [2.45, 2.75) is 6.42 Å². The molecule has 0 unspecified atom stereocenters. The van der Waals surface area contributed by atoms with Gasteiger partial charge in [-0.1, -0.05) is 58.1 Å². The second-order valence-corrected chi connectivity index (χ2v) is 6.53. The van der Waals surface area contributed by atoms with Crippen LogP contribution in [0.1, 0.15) is 12.0 Å². The number of hydrogen-bond acceptors (Lipinski definition) is 4. The van der Waals surface area contributed by atoms with Gasteiger partial charge in [-0.2, -0.15) is 0 Å². The molecule has 0 atom stereocenters. The summed E-state index contributed by atoms with van der Waals surface area (Å²) in [7, 11) is 0. The summed E-state index contributed by atoms with van der Waals surface area (Å²) in [6.45, 7) is 0.104. The monoisotopic (exact) mass is 371 g/mol. The molecule has 1 fully saturated rings. The summed E-state index contributed by atoms with van der Waals surface area (Å²) in [6.07, 6.45) is 1.64. The van der Waals surface area contributed by atoms with Crippen LogP contribution in [-0.4, -0.2) is 32.7 Å². The molecule has 0 saturated carbocycles. The molecule has 1 heterocycles. The molecule has 4 nitrogen and oxygen atoms in total. The first-order valence-electron chi connectivity index (χ1n) is 5.70. The maximum absolute atomic E-state index is 12.2. The number of carbonyl (C=O) groups is 2. The number of carbonyl (C=O) groups excluding carboxylic acids is 1. The first-order valence-corrected chi connectivity index (χ1v) is 7.72. The fourth-order valence-corrected chi connectivity index (χ4v) is 3.33. The highest BCUT2D eigenvalue weighted by Gasteiger charge is 2.32. The first kappa shape index (κ1) is 15.2. The molecule has 104 valence electrons. The van der Waals surface area contributed by atoms with Crippen molar-refractivity contribution in [3.05, 3.63) is 39.2 Å². The van der Waals surface area contributed by atoms with Crippen LogP contribution in [0.4, 0.5) is 0 Å². The summed E-state index contributed by atoms with van der Waals surface area (Å²) >= 11 is 9.72. The number of carboxylic acids is 1. The number of thioether (sulfide) groups is 1. The number of carboxylic acid groups (broad SMARTS) is 1. The minimum absolute atomic E-state index is 0.104. The Morgan fingerprint density at radius 1 is 1.45 bits per heavy atom. The summed E-state index contributed by atoms with van der Waals surface area (Å²) in [6, 6.07) is 7.53. The Bertz CT molecular complexity index is 615. The van der Waals surface area contributed by atoms with Crippen LogP contribution in [-0.2, 0) is 9.59 Å². The Morgan fingerprint density at radius 2 is 2.15 bits per heavy atom. The Labute approximate surface area is 134 Å². The van der Waals surface area contributed by atoms with E-state index >= 15 is 0 Å². The van der Waals surface area contributed by atoms with Gasteiger partial charge in [0.2, 0.25) is 0 Å². The van der Waals surface area contributed by atoms with E-state index in [2.05, 4.69) is 15.9 Å². The highest BCUT2D eigenvalue weighted by molar-refractivity contribution is 9.10. The van der Waals surface area contributed by atoms with Gasteiger partial charge in [0.05, 0.1) is 11.3 Å². The molecule has 20 heavy (non-hydrogen) atoms. The molecule has 1 aromatic rings. The summed E-state index contributed by atoms with van der Waals surface area (Å²) in [5.41, 5.74) is 0.881. The van der Waals surface area contributed by atoms with Gasteiger partial charge in [-0.3, -0.25) is 14.5 Å². The van der Waals surface area contributed by atoms with E-state index in [0.717, 1.165) is 10.0 Å². The minimum atomic E-state index is -0.950. The number of benzene rings is 1. The van der Waals surface area contributed by atoms with Gasteiger partial charge in [0.1, 0.15) is 4.32 Å². The van der Waals surface area contributed by atoms with E-state index in [-0.39, 0.29) is 18.9 Å². The van der Waals surface area contributed by atoms with Crippen LogP contribution >= 0.6 is 39.9 Å². The number of amides is 1. The largest absolute Gasteiger partial charge is 0.481 e. The van der Waals surface area contributed by atoms with Gasteiger partial charge in [0, 0.05) is 11.0 Å². The third-order valence-electron chi connectivity index (χ3n) is 2.61. The van der Waals surface area contributed by atoms with Crippen molar-refractivity contribution in [3.8, 4) is 0 Å². The lowest BCUT2D eigenvalue weighted by molar-refractivity contribution is -0.137. The van der Waals surface area contributed by atoms with Crippen molar-refractivity contribution in [1.82, 2.24) is 4.90 Å². The molecule has 0 aromatic heterocycles. The summed E-state index contributed by atoms with van der Waals surface area (Å²) in [4.78, 5) is 24.6. The molecule has 0 spiro atoms. The van der Waals surface area contributed by atoms with Crippen LogP contribution in [0.5, 0.6) is 0 Å². The standard InChI is InChI=1S/C13H10BrNO3S2/c14-9-4-2-1-3-8(9)7-10-12(18)15(13(19)20-10)6-5-11(16)17/h1-4,7H,5-6H2,(H,16,17). The average molecular weight is 372 g/mol. The minimum Gasteiger partial charge on any atom is -0.481 e. The third-order valence-corrected chi connectivity index (χ3v) is 4.71. The predicted molar refractivity (Wildman–Crippen MR) is 86.3 cm³/mol. The highest BCUT2D eigenvalue weighted by Crippen LogP contribution is 2.33. The molecule has 0 aliphatic carbocycles. The predicted octanol–water partition coefficient (Wildman–Crippen LogP) is 3.13. The summed E-state index contributed by atoms with van der Waals surface area (Å²) in [5, 5.41) is 8.67. The number of rotatable bonds is 4. The van der Waals surface area contributed by atoms with Crippen molar-refractivity contribution in [2.75, 3.05) is 6.54 Å². The lowest BCUT2D eigenvalue weighted by atomic mass is 10.2. The van der Waals surface area contributed by atoms with Gasteiger partial charge < -0.3 is 5.11 Å². The molecule has 1 aliphatic heterocycles. The summed E-state index contributed by atoms with van der Waals surface area (Å²) < 4.78 is 1.28. The normalized spacial score (nSPS) is 17.1. The SMILES string of the molecule is O=C(O)CCN1C(=O)C(=Cc2ccccc2Br)SC1=S. The van der Waals surface area contributed by atoms with Crippen molar-refractivity contribution < 1.29 is 14.7 Å². The molecule has 7 heteroatoms. The van der Waals surface area contributed by atoms with Crippen LogP contribution in [0.25, 0.3) is 6.08 Å². The van der Waals surface area contributed by atoms with Crippen molar-refractivity contribution >= 4 is 62.2 Å². The zero-order chi connectivity index (χ0) is 14.7. The Balaban J connectivity index is 2.19. The van der Waals surface area contributed by atoms with Gasteiger partial charge in [0.15, 0.2) is 0 Å². The second kappa shape index (κ2) is 6.51. The fraction of sp³-hybridized carbons (Fsp3) is 0.154. The zero-order valence-electron chi connectivity index (χ0n) is 10.2. The number of halogens is 1. The number of hydrogen-bond donors (Lipinski definition) is 1. The van der Waals surface area contributed by atoms with Crippen LogP contribution in [0, 0.1) is 0 Å². The molecule has 2 rings (SSSR count). The second-order valence-electron chi connectivity index (χ2n) is 4.00. The van der Waals surface area contributed by atoms with E-state index in [9.17, 15) is 9.59 Å². The van der Waals surface area contributed by atoms with Crippen molar-refractivity contribution in [1.29, 1.82) is 0 Å². The van der Waals surface area contributed by atoms with E-state index < -0.39 is 5.97 Å². The molecule has 1 aliphatic rings. The van der Waals surface area contributed by atoms with Crippen LogP contribution < -0.4 is 0 Å². The quantitative estimate of drug-likeness (QED) is 0.650. The van der Waals surface area contributed by atoms with E-state index in [1.165, 1.54) is 16.7 Å². The van der Waals surface area contributed by atoms with Gasteiger partial charge in [-0.15, -0.1) is 0 Å². The lowest BCUT2D eigenvalue weighted by Crippen LogP contribution is -2.30. The maximum Gasteiger partial charge on any atom is 0.305 e. The van der Waals surface area contributed by atoms with Crippen LogP contribution in [0.3, 0.4) is 0 Å². The maximum atomic E-state index is 12.2. The van der Waals surface area contributed by atoms with E-state index in [1.807, 2.05) is 24.3 Å². The first-order chi connectivity index (χ1) is 9.49. The number of aliphatic carboxylic acids is 1. The molecular formula is C13H10BrNO3S2. The molecule has 0 bridgehead atoms. The van der Waals surface area contributed by atoms with E-state index in [0.29, 0.717) is 9.23 Å². The number of thiocarbonyl (C=S) groups is 1. The smallest absolute Gasteiger partial charge is 0.305 e. The van der Waals surface area contributed by atoms with Gasteiger partial charge in [0.25, 0.3) is 5.91 Å². The Hall–Kier alpha value is -1.18. The highest BCUT2D eigenvalue weighted by atomic mass is 79.9. The molecule has 0 radical (unpaired) electrons. The number of nitrogens with zero attached hydrogens (tertiary/aromatic N) is 1. The van der Waals surface area contributed by atoms with Crippen molar-refractivity contribution in [3.63, 3.8) is 0 Å². The topological polar surface area (TPSA) is 57.6 Å². The van der Waals surface area contributed by atoms with Gasteiger partial charge >= 0.3 is 5.97 Å². The van der Waals surface area contributed by atoms with Crippen LogP contribution in [0.2, 0.25) is 0 Å². The van der Waals surface area contributed by atoms with E-state index in [4.69, 9.17) is 17.3 Å². The Morgan fingerprint density at radius 3 is 2.80 bits per heavy atom. The molecule has 1 N–H and O–H groups in total. The lowest BCUT2D eigenvalue weighted by Gasteiger charge is -2.12.